The molecule has 8 heteroatoms. The van der Waals surface area contributed by atoms with E-state index < -0.39 is 25.1 Å². The summed E-state index contributed by atoms with van der Waals surface area (Å²) in [6.07, 6.45) is 9.02. The fourth-order valence-electron chi connectivity index (χ4n) is 8.37. The molecule has 0 unspecified atom stereocenters. The van der Waals surface area contributed by atoms with Gasteiger partial charge in [0.1, 0.15) is 11.7 Å². The molecule has 6 rings (SSSR count). The summed E-state index contributed by atoms with van der Waals surface area (Å²) in [6, 6.07) is 0. The van der Waals surface area contributed by atoms with Gasteiger partial charge in [-0.15, -0.1) is 6.58 Å². The van der Waals surface area contributed by atoms with E-state index in [1.54, 1.807) is 0 Å². The van der Waals surface area contributed by atoms with Gasteiger partial charge in [0, 0.05) is 19.3 Å². The van der Waals surface area contributed by atoms with E-state index in [0.717, 1.165) is 38.5 Å². The standard InChI is InChI=1S/C35H58O7Si/c1-12-33(7)29(41-43(10,11)32(4,5)6)19-28-34(8,42-33)15-13-23-30(39-28)22(3)17-24-26(37-23)20-35(9)27(38-24)18-25-31(40-35)21(2)14-16-36-25/h12,14,22-31H,1,13,15-20H2,2-11H3/t22-,23+,24+,25+,26-,27-,28+,29-,30-,31-,33+,34-,35+/m1/s1. The van der Waals surface area contributed by atoms with E-state index in [2.05, 4.69) is 81.1 Å². The van der Waals surface area contributed by atoms with Gasteiger partial charge in [-0.05, 0) is 76.6 Å². The van der Waals surface area contributed by atoms with Gasteiger partial charge in [0.15, 0.2) is 8.32 Å². The first-order valence-electron chi connectivity index (χ1n) is 16.9. The Labute approximate surface area is 261 Å². The van der Waals surface area contributed by atoms with Crippen LogP contribution in [0.1, 0.15) is 93.9 Å². The number of ether oxygens (including phenoxy) is 6. The molecule has 0 N–H and O–H groups in total. The highest BCUT2D eigenvalue weighted by molar-refractivity contribution is 6.74. The molecule has 5 saturated heterocycles. The van der Waals surface area contributed by atoms with E-state index >= 15 is 0 Å². The smallest absolute Gasteiger partial charge is 0.192 e. The molecular formula is C35H58O7Si. The van der Waals surface area contributed by atoms with Crippen molar-refractivity contribution in [3.05, 3.63) is 24.3 Å². The molecule has 0 aromatic rings. The Bertz CT molecular complexity index is 1100. The lowest BCUT2D eigenvalue weighted by Gasteiger charge is -2.54. The van der Waals surface area contributed by atoms with E-state index in [-0.39, 0.29) is 65.9 Å². The van der Waals surface area contributed by atoms with Crippen molar-refractivity contribution >= 4 is 8.32 Å². The van der Waals surface area contributed by atoms with Gasteiger partial charge in [-0.3, -0.25) is 0 Å². The van der Waals surface area contributed by atoms with Crippen molar-refractivity contribution in [1.29, 1.82) is 0 Å². The second-order valence-corrected chi connectivity index (χ2v) is 21.5. The summed E-state index contributed by atoms with van der Waals surface area (Å²) in [6.45, 7) is 27.4. The van der Waals surface area contributed by atoms with Crippen LogP contribution < -0.4 is 0 Å². The van der Waals surface area contributed by atoms with Crippen molar-refractivity contribution in [3.63, 3.8) is 0 Å². The van der Waals surface area contributed by atoms with Crippen LogP contribution in [0.4, 0.5) is 0 Å². The fourth-order valence-corrected chi connectivity index (χ4v) is 9.77. The zero-order chi connectivity index (χ0) is 31.2. The van der Waals surface area contributed by atoms with Crippen LogP contribution in [-0.4, -0.2) is 86.7 Å². The summed E-state index contributed by atoms with van der Waals surface area (Å²) >= 11 is 0. The molecule has 13 atom stereocenters. The molecule has 0 radical (unpaired) electrons. The van der Waals surface area contributed by atoms with Gasteiger partial charge in [0.05, 0.1) is 66.6 Å². The van der Waals surface area contributed by atoms with Crippen LogP contribution in [0, 0.1) is 5.92 Å². The lowest BCUT2D eigenvalue weighted by Crippen LogP contribution is -2.63. The van der Waals surface area contributed by atoms with Crippen LogP contribution >= 0.6 is 0 Å². The zero-order valence-electron chi connectivity index (χ0n) is 28.4. The summed E-state index contributed by atoms with van der Waals surface area (Å²) in [5.41, 5.74) is -0.169. The van der Waals surface area contributed by atoms with Crippen molar-refractivity contribution < 1.29 is 32.8 Å². The molecule has 6 aliphatic rings. The van der Waals surface area contributed by atoms with Gasteiger partial charge in [0.25, 0.3) is 0 Å². The highest BCUT2D eigenvalue weighted by Crippen LogP contribution is 2.51. The summed E-state index contributed by atoms with van der Waals surface area (Å²) in [5.74, 6) is 0.285. The molecule has 0 amide bonds. The van der Waals surface area contributed by atoms with Crippen molar-refractivity contribution in [2.75, 3.05) is 6.61 Å². The maximum Gasteiger partial charge on any atom is 0.192 e. The Morgan fingerprint density at radius 2 is 1.67 bits per heavy atom. The van der Waals surface area contributed by atoms with Crippen LogP contribution in [0.2, 0.25) is 18.1 Å². The van der Waals surface area contributed by atoms with E-state index in [0.29, 0.717) is 6.61 Å². The molecule has 0 aromatic carbocycles. The normalized spacial score (nSPS) is 50.4. The Balaban J connectivity index is 1.22. The van der Waals surface area contributed by atoms with E-state index in [1.165, 1.54) is 5.57 Å². The van der Waals surface area contributed by atoms with Crippen molar-refractivity contribution in [3.8, 4) is 0 Å². The van der Waals surface area contributed by atoms with Gasteiger partial charge in [-0.2, -0.15) is 0 Å². The molecule has 244 valence electrons. The second-order valence-electron chi connectivity index (χ2n) is 16.7. The largest absolute Gasteiger partial charge is 0.411 e. The summed E-state index contributed by atoms with van der Waals surface area (Å²) < 4.78 is 48.1. The van der Waals surface area contributed by atoms with Gasteiger partial charge in [-0.1, -0.05) is 39.8 Å². The van der Waals surface area contributed by atoms with Crippen LogP contribution in [0.15, 0.2) is 24.3 Å². The molecule has 0 bridgehead atoms. The van der Waals surface area contributed by atoms with Crippen molar-refractivity contribution in [2.24, 2.45) is 5.92 Å². The first-order valence-corrected chi connectivity index (χ1v) is 19.8. The van der Waals surface area contributed by atoms with E-state index in [1.807, 2.05) is 6.08 Å². The SMILES string of the molecule is C=C[C@]1(C)O[C@]2(C)CC[C@@H]3O[C@@H]4C[C@]5(C)O[C@@H]6C(C)=CCO[C@H]6C[C@H]5O[C@H]4C[C@@H](C)[C@H]3O[C@H]2C[C@H]1O[Si](C)(C)C(C)(C)C. The lowest BCUT2D eigenvalue weighted by atomic mass is 9.78. The molecule has 0 aliphatic carbocycles. The maximum atomic E-state index is 7.16. The molecule has 6 heterocycles. The Morgan fingerprint density at radius 3 is 2.37 bits per heavy atom. The van der Waals surface area contributed by atoms with Crippen molar-refractivity contribution in [2.45, 2.75) is 184 Å². The average Bonchev–Trinajstić information content (AvgIpc) is 3.11. The average molecular weight is 619 g/mol. The van der Waals surface area contributed by atoms with Crippen LogP contribution in [0.5, 0.6) is 0 Å². The molecule has 0 saturated carbocycles. The van der Waals surface area contributed by atoms with Gasteiger partial charge in [-0.25, -0.2) is 0 Å². The molecular weight excluding hydrogens is 560 g/mol. The summed E-state index contributed by atoms with van der Waals surface area (Å²) in [5, 5.41) is 0.0988. The maximum absolute atomic E-state index is 7.16. The number of rotatable bonds is 3. The minimum atomic E-state index is -2.06. The lowest BCUT2D eigenvalue weighted by molar-refractivity contribution is -0.293. The van der Waals surface area contributed by atoms with Crippen LogP contribution in [-0.2, 0) is 32.8 Å². The zero-order valence-corrected chi connectivity index (χ0v) is 29.4. The van der Waals surface area contributed by atoms with Crippen LogP contribution in [0.25, 0.3) is 0 Å². The Kier molecular flexibility index (Phi) is 8.28. The number of fused-ring (bicyclic) bond motifs is 5. The van der Waals surface area contributed by atoms with E-state index in [4.69, 9.17) is 32.8 Å². The molecule has 43 heavy (non-hydrogen) atoms. The quantitative estimate of drug-likeness (QED) is 0.252. The number of hydrogen-bond donors (Lipinski definition) is 0. The third kappa shape index (κ3) is 5.68. The minimum Gasteiger partial charge on any atom is -0.411 e. The van der Waals surface area contributed by atoms with Gasteiger partial charge < -0.3 is 32.8 Å². The molecule has 5 fully saturated rings. The first kappa shape index (κ1) is 32.4. The first-order chi connectivity index (χ1) is 20.0. The third-order valence-electron chi connectivity index (χ3n) is 12.4. The predicted molar refractivity (Wildman–Crippen MR) is 170 cm³/mol. The predicted octanol–water partition coefficient (Wildman–Crippen LogP) is 6.89. The Morgan fingerprint density at radius 1 is 0.953 bits per heavy atom. The van der Waals surface area contributed by atoms with E-state index in [9.17, 15) is 0 Å². The Hall–Kier alpha value is -0.583. The van der Waals surface area contributed by atoms with Gasteiger partial charge >= 0.3 is 0 Å². The highest BCUT2D eigenvalue weighted by Gasteiger charge is 2.59. The van der Waals surface area contributed by atoms with Crippen LogP contribution in [0.3, 0.4) is 0 Å². The summed E-state index contributed by atoms with van der Waals surface area (Å²) in [4.78, 5) is 0. The monoisotopic (exact) mass is 618 g/mol. The number of hydrogen-bond acceptors (Lipinski definition) is 7. The summed E-state index contributed by atoms with van der Waals surface area (Å²) in [7, 11) is -2.06. The topological polar surface area (TPSA) is 64.6 Å². The molecule has 6 aliphatic heterocycles. The highest BCUT2D eigenvalue weighted by atomic mass is 28.4. The van der Waals surface area contributed by atoms with Gasteiger partial charge in [0.2, 0.25) is 0 Å². The second kappa shape index (κ2) is 11.0. The third-order valence-corrected chi connectivity index (χ3v) is 16.8. The minimum absolute atomic E-state index is 0.000356. The molecule has 0 aromatic heterocycles. The fraction of sp³-hybridized carbons (Fsp3) is 0.886. The molecule has 7 nitrogen and oxygen atoms in total. The molecule has 0 spiro atoms. The van der Waals surface area contributed by atoms with Crippen molar-refractivity contribution in [1.82, 2.24) is 0 Å².